The predicted molar refractivity (Wildman–Crippen MR) is 94.9 cm³/mol. The minimum absolute atomic E-state index is 0.0218. The number of hydrogen-bond acceptors (Lipinski definition) is 5. The van der Waals surface area contributed by atoms with Crippen LogP contribution >= 0.6 is 11.6 Å². The first-order valence-corrected chi connectivity index (χ1v) is 8.01. The molecule has 0 aliphatic heterocycles. The van der Waals surface area contributed by atoms with Crippen LogP contribution in [0.25, 0.3) is 0 Å². The zero-order valence-electron chi connectivity index (χ0n) is 13.8. The number of aromatic carboxylic acids is 1. The van der Waals surface area contributed by atoms with E-state index >= 15 is 0 Å². The van der Waals surface area contributed by atoms with Crippen LogP contribution in [0.4, 0.5) is 5.69 Å². The maximum atomic E-state index is 11.9. The second-order valence-corrected chi connectivity index (χ2v) is 5.49. The molecule has 0 aliphatic carbocycles. The van der Waals surface area contributed by atoms with E-state index in [-0.39, 0.29) is 29.5 Å². The molecule has 0 unspecified atom stereocenters. The smallest absolute Gasteiger partial charge is 0.338 e. The van der Waals surface area contributed by atoms with Gasteiger partial charge in [0.15, 0.2) is 6.61 Å². The van der Waals surface area contributed by atoms with Crippen LogP contribution in [0.5, 0.6) is 5.75 Å². The number of halogens is 1. The summed E-state index contributed by atoms with van der Waals surface area (Å²) in [6.07, 6.45) is 0. The van der Waals surface area contributed by atoms with Gasteiger partial charge < -0.3 is 19.9 Å². The Bertz CT molecular complexity index is 819. The van der Waals surface area contributed by atoms with Crippen molar-refractivity contribution in [3.63, 3.8) is 0 Å². The molecule has 7 nitrogen and oxygen atoms in total. The Labute approximate surface area is 154 Å². The topological polar surface area (TPSA) is 102 Å². The van der Waals surface area contributed by atoms with Crippen molar-refractivity contribution in [1.82, 2.24) is 0 Å². The summed E-state index contributed by atoms with van der Waals surface area (Å²) in [4.78, 5) is 34.3. The molecule has 0 saturated carbocycles. The SMILES string of the molecule is CCOC(=O)c1ccc(NC(=O)COc2ccc(C(=O)O)cc2Cl)cc1. The molecule has 0 radical (unpaired) electrons. The zero-order chi connectivity index (χ0) is 19.1. The Morgan fingerprint density at radius 2 is 1.73 bits per heavy atom. The number of carbonyl (C=O) groups excluding carboxylic acids is 2. The molecule has 2 N–H and O–H groups in total. The molecule has 1 amide bonds. The minimum Gasteiger partial charge on any atom is -0.482 e. The number of carbonyl (C=O) groups is 3. The van der Waals surface area contributed by atoms with Gasteiger partial charge in [-0.2, -0.15) is 0 Å². The Kier molecular flexibility index (Phi) is 6.57. The fourth-order valence-electron chi connectivity index (χ4n) is 2.00. The van der Waals surface area contributed by atoms with Crippen molar-refractivity contribution in [3.8, 4) is 5.75 Å². The van der Waals surface area contributed by atoms with Gasteiger partial charge in [0.1, 0.15) is 5.75 Å². The fourth-order valence-corrected chi connectivity index (χ4v) is 2.23. The van der Waals surface area contributed by atoms with Crippen molar-refractivity contribution in [2.45, 2.75) is 6.92 Å². The normalized spacial score (nSPS) is 10.1. The summed E-state index contributed by atoms with van der Waals surface area (Å²) in [6, 6.07) is 10.2. The number of rotatable bonds is 7. The summed E-state index contributed by atoms with van der Waals surface area (Å²) >= 11 is 5.93. The molecule has 0 aliphatic rings. The van der Waals surface area contributed by atoms with E-state index in [1.807, 2.05) is 0 Å². The van der Waals surface area contributed by atoms with Gasteiger partial charge in [-0.3, -0.25) is 4.79 Å². The first-order valence-electron chi connectivity index (χ1n) is 7.63. The molecule has 2 aromatic rings. The van der Waals surface area contributed by atoms with E-state index in [9.17, 15) is 14.4 Å². The molecule has 0 saturated heterocycles. The first-order chi connectivity index (χ1) is 12.4. The lowest BCUT2D eigenvalue weighted by molar-refractivity contribution is -0.118. The van der Waals surface area contributed by atoms with Gasteiger partial charge in [-0.1, -0.05) is 11.6 Å². The van der Waals surface area contributed by atoms with Gasteiger partial charge in [-0.15, -0.1) is 0 Å². The van der Waals surface area contributed by atoms with Gasteiger partial charge in [0.05, 0.1) is 22.8 Å². The number of esters is 1. The van der Waals surface area contributed by atoms with Crippen LogP contribution in [0, 0.1) is 0 Å². The highest BCUT2D eigenvalue weighted by atomic mass is 35.5. The Morgan fingerprint density at radius 1 is 1.08 bits per heavy atom. The Balaban J connectivity index is 1.91. The lowest BCUT2D eigenvalue weighted by Crippen LogP contribution is -2.20. The Hall–Kier alpha value is -3.06. The molecule has 8 heteroatoms. The van der Waals surface area contributed by atoms with Crippen LogP contribution in [-0.2, 0) is 9.53 Å². The van der Waals surface area contributed by atoms with Crippen LogP contribution in [0.2, 0.25) is 5.02 Å². The third-order valence-electron chi connectivity index (χ3n) is 3.22. The fraction of sp³-hybridized carbons (Fsp3) is 0.167. The highest BCUT2D eigenvalue weighted by molar-refractivity contribution is 6.32. The number of hydrogen-bond donors (Lipinski definition) is 2. The molecule has 0 spiro atoms. The second-order valence-electron chi connectivity index (χ2n) is 5.09. The number of nitrogens with one attached hydrogen (secondary N) is 1. The lowest BCUT2D eigenvalue weighted by atomic mass is 10.2. The monoisotopic (exact) mass is 377 g/mol. The minimum atomic E-state index is -1.11. The summed E-state index contributed by atoms with van der Waals surface area (Å²) < 4.78 is 10.2. The van der Waals surface area contributed by atoms with E-state index in [2.05, 4.69) is 5.32 Å². The van der Waals surface area contributed by atoms with Crippen LogP contribution < -0.4 is 10.1 Å². The van der Waals surface area contributed by atoms with Crippen molar-refractivity contribution in [2.75, 3.05) is 18.5 Å². The molecule has 0 aromatic heterocycles. The largest absolute Gasteiger partial charge is 0.482 e. The zero-order valence-corrected chi connectivity index (χ0v) is 14.6. The van der Waals surface area contributed by atoms with Gasteiger partial charge in [0, 0.05) is 5.69 Å². The average Bonchev–Trinajstić information content (AvgIpc) is 2.61. The molecule has 0 heterocycles. The van der Waals surface area contributed by atoms with E-state index in [0.29, 0.717) is 11.3 Å². The number of anilines is 1. The maximum absolute atomic E-state index is 11.9. The molecular formula is C18H16ClNO6. The molecule has 2 rings (SSSR count). The van der Waals surface area contributed by atoms with Crippen LogP contribution in [-0.4, -0.2) is 36.2 Å². The van der Waals surface area contributed by atoms with Gasteiger partial charge in [0.2, 0.25) is 0 Å². The van der Waals surface area contributed by atoms with E-state index < -0.39 is 17.8 Å². The van der Waals surface area contributed by atoms with E-state index in [1.165, 1.54) is 30.3 Å². The molecule has 0 fully saturated rings. The highest BCUT2D eigenvalue weighted by Crippen LogP contribution is 2.25. The number of carboxylic acids is 1. The van der Waals surface area contributed by atoms with Crippen LogP contribution in [0.3, 0.4) is 0 Å². The molecule has 0 bridgehead atoms. The number of amides is 1. The van der Waals surface area contributed by atoms with E-state index in [4.69, 9.17) is 26.2 Å². The van der Waals surface area contributed by atoms with E-state index in [1.54, 1.807) is 19.1 Å². The van der Waals surface area contributed by atoms with Crippen molar-refractivity contribution in [2.24, 2.45) is 0 Å². The highest BCUT2D eigenvalue weighted by Gasteiger charge is 2.11. The molecule has 26 heavy (non-hydrogen) atoms. The van der Waals surface area contributed by atoms with Gasteiger partial charge in [-0.05, 0) is 49.4 Å². The van der Waals surface area contributed by atoms with Crippen molar-refractivity contribution in [1.29, 1.82) is 0 Å². The van der Waals surface area contributed by atoms with Crippen LogP contribution in [0.15, 0.2) is 42.5 Å². The standard InChI is InChI=1S/C18H16ClNO6/c1-2-25-18(24)11-3-6-13(7-4-11)20-16(21)10-26-15-8-5-12(17(22)23)9-14(15)19/h3-9H,2,10H2,1H3,(H,20,21)(H,22,23). The van der Waals surface area contributed by atoms with Crippen molar-refractivity contribution >= 4 is 35.1 Å². The predicted octanol–water partition coefficient (Wildman–Crippen LogP) is 3.23. The first kappa shape index (κ1) is 19.3. The van der Waals surface area contributed by atoms with Crippen LogP contribution in [0.1, 0.15) is 27.6 Å². The van der Waals surface area contributed by atoms with Crippen molar-refractivity contribution in [3.05, 3.63) is 58.6 Å². The average molecular weight is 378 g/mol. The summed E-state index contributed by atoms with van der Waals surface area (Å²) in [7, 11) is 0. The molecule has 0 atom stereocenters. The summed E-state index contributed by atoms with van der Waals surface area (Å²) in [5.74, 6) is -1.78. The van der Waals surface area contributed by atoms with E-state index in [0.717, 1.165) is 0 Å². The summed E-state index contributed by atoms with van der Waals surface area (Å²) in [5, 5.41) is 11.6. The summed E-state index contributed by atoms with van der Waals surface area (Å²) in [5.41, 5.74) is 0.888. The molecular weight excluding hydrogens is 362 g/mol. The van der Waals surface area contributed by atoms with Gasteiger partial charge in [-0.25, -0.2) is 9.59 Å². The third kappa shape index (κ3) is 5.22. The Morgan fingerprint density at radius 3 is 2.31 bits per heavy atom. The lowest BCUT2D eigenvalue weighted by Gasteiger charge is -2.09. The number of carboxylic acid groups (broad SMARTS) is 1. The third-order valence-corrected chi connectivity index (χ3v) is 3.51. The molecule has 136 valence electrons. The quantitative estimate of drug-likeness (QED) is 0.718. The maximum Gasteiger partial charge on any atom is 0.338 e. The second kappa shape index (κ2) is 8.87. The van der Waals surface area contributed by atoms with Gasteiger partial charge >= 0.3 is 11.9 Å². The van der Waals surface area contributed by atoms with Crippen molar-refractivity contribution < 1.29 is 29.0 Å². The molecule has 2 aromatic carbocycles. The summed E-state index contributed by atoms with van der Waals surface area (Å²) in [6.45, 7) is 1.68. The number of benzene rings is 2. The number of ether oxygens (including phenoxy) is 2. The van der Waals surface area contributed by atoms with Gasteiger partial charge in [0.25, 0.3) is 5.91 Å².